The summed E-state index contributed by atoms with van der Waals surface area (Å²) in [4.78, 5) is 12.4. The molecular weight excluding hydrogens is 342 g/mol. The molecule has 7 nitrogen and oxygen atoms in total. The number of hydrogen-bond acceptors (Lipinski definition) is 5. The van der Waals surface area contributed by atoms with E-state index in [0.717, 1.165) is 18.4 Å². The van der Waals surface area contributed by atoms with Crippen LogP contribution in [0.5, 0.6) is 0 Å². The van der Waals surface area contributed by atoms with Crippen molar-refractivity contribution in [1.82, 2.24) is 9.46 Å². The third kappa shape index (κ3) is 5.40. The van der Waals surface area contributed by atoms with Gasteiger partial charge in [-0.1, -0.05) is 42.6 Å². The summed E-state index contributed by atoms with van der Waals surface area (Å²) >= 11 is 0. The van der Waals surface area contributed by atoms with Crippen LogP contribution in [0.3, 0.4) is 0 Å². The number of nitrogens with one attached hydrogen (secondary N) is 1. The Bertz CT molecular complexity index is 771. The van der Waals surface area contributed by atoms with Crippen LogP contribution in [-0.4, -0.2) is 36.9 Å². The lowest BCUT2D eigenvalue weighted by Gasteiger charge is -2.21. The number of rotatable bonds is 9. The maximum absolute atomic E-state index is 12.9. The van der Waals surface area contributed by atoms with Gasteiger partial charge in [-0.25, -0.2) is 8.42 Å². The van der Waals surface area contributed by atoms with Crippen molar-refractivity contribution in [3.05, 3.63) is 42.2 Å². The Labute approximate surface area is 148 Å². The molecule has 136 valence electrons. The van der Waals surface area contributed by atoms with Crippen LogP contribution in [-0.2, 0) is 14.8 Å². The van der Waals surface area contributed by atoms with Crippen molar-refractivity contribution >= 4 is 21.7 Å². The Morgan fingerprint density at radius 2 is 1.92 bits per heavy atom. The van der Waals surface area contributed by atoms with E-state index in [2.05, 4.69) is 15.0 Å². The van der Waals surface area contributed by atoms with Gasteiger partial charge in [0.1, 0.15) is 6.26 Å². The van der Waals surface area contributed by atoms with Crippen LogP contribution in [0.1, 0.15) is 31.7 Å². The maximum atomic E-state index is 12.9. The van der Waals surface area contributed by atoms with Crippen LogP contribution < -0.4 is 5.32 Å². The van der Waals surface area contributed by atoms with E-state index in [9.17, 15) is 13.2 Å². The van der Waals surface area contributed by atoms with Gasteiger partial charge >= 0.3 is 0 Å². The highest BCUT2D eigenvalue weighted by atomic mass is 32.2. The second-order valence-corrected chi connectivity index (χ2v) is 7.73. The number of amides is 1. The van der Waals surface area contributed by atoms with E-state index in [0.29, 0.717) is 6.42 Å². The zero-order chi connectivity index (χ0) is 18.3. The van der Waals surface area contributed by atoms with Gasteiger partial charge in [0.25, 0.3) is 0 Å². The minimum Gasteiger partial charge on any atom is -0.363 e. The molecule has 0 saturated heterocycles. The highest BCUT2D eigenvalue weighted by Gasteiger charge is 2.26. The fraction of sp³-hybridized carbons (Fsp3) is 0.412. The molecule has 1 amide bonds. The number of aryl methyl sites for hydroxylation is 1. The molecular formula is C17H23N3O4S. The molecule has 0 aliphatic rings. The number of carbonyl (C=O) groups is 1. The smallest absolute Gasteiger partial charge is 0.243 e. The first kappa shape index (κ1) is 19.1. The van der Waals surface area contributed by atoms with E-state index in [-0.39, 0.29) is 23.8 Å². The molecule has 2 aromatic rings. The van der Waals surface area contributed by atoms with E-state index in [1.165, 1.54) is 16.6 Å². The quantitative estimate of drug-likeness (QED) is 0.690. The highest BCUT2D eigenvalue weighted by molar-refractivity contribution is 7.89. The van der Waals surface area contributed by atoms with Crippen molar-refractivity contribution in [2.75, 3.05) is 18.4 Å². The predicted molar refractivity (Wildman–Crippen MR) is 94.6 cm³/mol. The molecule has 2 rings (SSSR count). The lowest BCUT2D eigenvalue weighted by Crippen LogP contribution is -2.38. The van der Waals surface area contributed by atoms with Crippen LogP contribution in [0.15, 0.2) is 46.0 Å². The molecule has 0 spiro atoms. The van der Waals surface area contributed by atoms with Crippen molar-refractivity contribution < 1.29 is 17.7 Å². The average molecular weight is 365 g/mol. The summed E-state index contributed by atoms with van der Waals surface area (Å²) in [6.45, 7) is 3.94. The third-order valence-electron chi connectivity index (χ3n) is 3.70. The van der Waals surface area contributed by atoms with Crippen molar-refractivity contribution in [3.8, 4) is 0 Å². The van der Waals surface area contributed by atoms with E-state index >= 15 is 0 Å². The molecule has 1 heterocycles. The molecule has 0 aliphatic heterocycles. The lowest BCUT2D eigenvalue weighted by molar-refractivity contribution is -0.116. The standard InChI is InChI=1S/C17H23N3O4S/c1-3-4-5-11-20(13-17(21)18-16-10-12-24-19-16)25(22,23)15-8-6-14(2)7-9-15/h6-10,12H,3-5,11,13H2,1-2H3,(H,18,19,21). The van der Waals surface area contributed by atoms with Gasteiger partial charge in [-0.15, -0.1) is 0 Å². The minimum atomic E-state index is -3.74. The number of anilines is 1. The third-order valence-corrected chi connectivity index (χ3v) is 5.55. The molecule has 0 radical (unpaired) electrons. The fourth-order valence-electron chi connectivity index (χ4n) is 2.30. The van der Waals surface area contributed by atoms with E-state index in [1.807, 2.05) is 13.8 Å². The summed E-state index contributed by atoms with van der Waals surface area (Å²) in [7, 11) is -3.74. The van der Waals surface area contributed by atoms with Gasteiger partial charge in [0.05, 0.1) is 11.4 Å². The van der Waals surface area contributed by atoms with Crippen LogP contribution in [0.4, 0.5) is 5.82 Å². The molecule has 0 unspecified atom stereocenters. The molecule has 8 heteroatoms. The summed E-state index contributed by atoms with van der Waals surface area (Å²) in [5, 5.41) is 6.12. The van der Waals surface area contributed by atoms with Gasteiger partial charge in [0.2, 0.25) is 15.9 Å². The Kier molecular flexibility index (Phi) is 6.72. The molecule has 25 heavy (non-hydrogen) atoms. The summed E-state index contributed by atoms with van der Waals surface area (Å²) in [5.41, 5.74) is 0.972. The Morgan fingerprint density at radius 3 is 2.52 bits per heavy atom. The Hall–Kier alpha value is -2.19. The van der Waals surface area contributed by atoms with Crippen molar-refractivity contribution in [3.63, 3.8) is 0 Å². The predicted octanol–water partition coefficient (Wildman–Crippen LogP) is 2.80. The first-order valence-corrected chi connectivity index (χ1v) is 9.64. The van der Waals surface area contributed by atoms with Crippen LogP contribution >= 0.6 is 0 Å². The molecule has 0 fully saturated rings. The summed E-state index contributed by atoms with van der Waals surface area (Å²) in [5.74, 6) is -0.202. The lowest BCUT2D eigenvalue weighted by atomic mass is 10.2. The number of hydrogen-bond donors (Lipinski definition) is 1. The van der Waals surface area contributed by atoms with E-state index in [1.54, 1.807) is 24.3 Å². The van der Waals surface area contributed by atoms with Crippen molar-refractivity contribution in [1.29, 1.82) is 0 Å². The van der Waals surface area contributed by atoms with Gasteiger partial charge in [0, 0.05) is 12.6 Å². The molecule has 0 bridgehead atoms. The van der Waals surface area contributed by atoms with Crippen LogP contribution in [0.25, 0.3) is 0 Å². The van der Waals surface area contributed by atoms with Crippen LogP contribution in [0, 0.1) is 6.92 Å². The first-order chi connectivity index (χ1) is 11.9. The normalized spacial score (nSPS) is 11.6. The zero-order valence-corrected chi connectivity index (χ0v) is 15.3. The van der Waals surface area contributed by atoms with E-state index in [4.69, 9.17) is 0 Å². The number of sulfonamides is 1. The van der Waals surface area contributed by atoms with Gasteiger partial charge in [-0.2, -0.15) is 4.31 Å². The largest absolute Gasteiger partial charge is 0.363 e. The van der Waals surface area contributed by atoms with Gasteiger partial charge in [0.15, 0.2) is 5.82 Å². The average Bonchev–Trinajstić information content (AvgIpc) is 3.07. The SMILES string of the molecule is CCCCCN(CC(=O)Nc1ccon1)S(=O)(=O)c1ccc(C)cc1. The Balaban J connectivity index is 2.15. The first-order valence-electron chi connectivity index (χ1n) is 8.20. The summed E-state index contributed by atoms with van der Waals surface area (Å²) < 4.78 is 31.6. The second kappa shape index (κ2) is 8.77. The fourth-order valence-corrected chi connectivity index (χ4v) is 3.74. The van der Waals surface area contributed by atoms with Crippen molar-refractivity contribution in [2.24, 2.45) is 0 Å². The number of benzene rings is 1. The summed E-state index contributed by atoms with van der Waals surface area (Å²) in [6.07, 6.45) is 3.88. The molecule has 1 aromatic heterocycles. The topological polar surface area (TPSA) is 92.5 Å². The Morgan fingerprint density at radius 1 is 1.20 bits per heavy atom. The number of carbonyl (C=O) groups excluding carboxylic acids is 1. The van der Waals surface area contributed by atoms with Gasteiger partial charge in [-0.3, -0.25) is 4.79 Å². The van der Waals surface area contributed by atoms with E-state index < -0.39 is 15.9 Å². The van der Waals surface area contributed by atoms with Crippen molar-refractivity contribution in [2.45, 2.75) is 38.0 Å². The number of unbranched alkanes of at least 4 members (excludes halogenated alkanes) is 2. The minimum absolute atomic E-state index is 0.184. The molecule has 1 aromatic carbocycles. The molecule has 0 aliphatic carbocycles. The molecule has 0 saturated carbocycles. The highest BCUT2D eigenvalue weighted by Crippen LogP contribution is 2.17. The maximum Gasteiger partial charge on any atom is 0.243 e. The van der Waals surface area contributed by atoms with Gasteiger partial charge < -0.3 is 9.84 Å². The second-order valence-electron chi connectivity index (χ2n) is 5.79. The number of nitrogens with zero attached hydrogens (tertiary/aromatic N) is 2. The molecule has 1 N–H and O–H groups in total. The zero-order valence-electron chi connectivity index (χ0n) is 14.4. The monoisotopic (exact) mass is 365 g/mol. The van der Waals surface area contributed by atoms with Gasteiger partial charge in [-0.05, 0) is 25.5 Å². The number of aromatic nitrogens is 1. The van der Waals surface area contributed by atoms with Crippen LogP contribution in [0.2, 0.25) is 0 Å². The summed E-state index contributed by atoms with van der Waals surface area (Å²) in [6, 6.07) is 8.10. The molecule has 0 atom stereocenters.